The number of nitrogens with two attached hydrogens (primary N) is 1. The van der Waals surface area contributed by atoms with Crippen molar-refractivity contribution >= 4 is 39.7 Å². The van der Waals surface area contributed by atoms with E-state index in [0.29, 0.717) is 5.56 Å². The van der Waals surface area contributed by atoms with E-state index in [0.717, 1.165) is 10.5 Å². The third-order valence-corrected chi connectivity index (χ3v) is 10.4. The molecule has 13 nitrogen and oxygen atoms in total. The second kappa shape index (κ2) is 12.9. The molecule has 3 N–H and O–H groups in total. The van der Waals surface area contributed by atoms with Crippen LogP contribution in [0.3, 0.4) is 0 Å². The van der Waals surface area contributed by atoms with Crippen LogP contribution in [0, 0.1) is 5.92 Å². The van der Waals surface area contributed by atoms with Gasteiger partial charge in [-0.05, 0) is 31.4 Å². The number of benzene rings is 2. The molecule has 230 valence electrons. The number of hydrogen-bond donors (Lipinski definition) is 2. The van der Waals surface area contributed by atoms with Crippen molar-refractivity contribution in [1.29, 1.82) is 0 Å². The van der Waals surface area contributed by atoms with E-state index in [9.17, 15) is 32.4 Å². The van der Waals surface area contributed by atoms with Crippen molar-refractivity contribution in [2.45, 2.75) is 62.1 Å². The minimum absolute atomic E-state index is 0.0351. The summed E-state index contributed by atoms with van der Waals surface area (Å²) < 4.78 is 40.5. The number of nitrogens with zero attached hydrogens (tertiary/aromatic N) is 1. The van der Waals surface area contributed by atoms with Crippen LogP contribution in [0.4, 0.5) is 4.79 Å². The highest BCUT2D eigenvalue weighted by atomic mass is 32.2. The normalized spacial score (nSPS) is 22.0. The lowest BCUT2D eigenvalue weighted by Gasteiger charge is -2.42. The molecule has 4 rings (SSSR count). The highest BCUT2D eigenvalue weighted by Gasteiger charge is 2.72. The predicted molar refractivity (Wildman–Crippen MR) is 150 cm³/mol. The number of rotatable bonds is 11. The van der Waals surface area contributed by atoms with Crippen LogP contribution in [0.5, 0.6) is 0 Å². The molecule has 2 aliphatic heterocycles. The minimum Gasteiger partial charge on any atom is -0.464 e. The molecule has 0 radical (unpaired) electrons. The zero-order chi connectivity index (χ0) is 31.4. The number of alkyl carbamates (subject to hydrolysis) is 1. The van der Waals surface area contributed by atoms with Crippen LogP contribution >= 0.6 is 0 Å². The molecule has 0 aromatic heterocycles. The first-order valence-corrected chi connectivity index (χ1v) is 15.1. The molecule has 0 unspecified atom stereocenters. The van der Waals surface area contributed by atoms with Crippen molar-refractivity contribution in [1.82, 2.24) is 10.2 Å². The summed E-state index contributed by atoms with van der Waals surface area (Å²) in [6, 6.07) is 15.0. The molecular weight excluding hydrogens is 582 g/mol. The number of fused-ring (bicyclic) bond motifs is 1. The molecule has 2 saturated heterocycles. The van der Waals surface area contributed by atoms with Gasteiger partial charge in [0.15, 0.2) is 15.2 Å². The van der Waals surface area contributed by atoms with Gasteiger partial charge in [-0.15, -0.1) is 0 Å². The molecule has 14 heteroatoms. The van der Waals surface area contributed by atoms with E-state index < -0.39 is 74.4 Å². The first-order chi connectivity index (χ1) is 20.3. The number of hydrogen-bond acceptors (Lipinski definition) is 11. The van der Waals surface area contributed by atoms with Crippen LogP contribution in [-0.4, -0.2) is 72.0 Å². The Labute approximate surface area is 248 Å². The van der Waals surface area contributed by atoms with E-state index in [1.165, 1.54) is 13.8 Å². The highest BCUT2D eigenvalue weighted by molar-refractivity contribution is 7.93. The largest absolute Gasteiger partial charge is 0.464 e. The number of β-lactam (4-membered cyclic amide) rings is 1. The number of esters is 2. The molecule has 0 bridgehead atoms. The third kappa shape index (κ3) is 6.70. The molecule has 2 heterocycles. The summed E-state index contributed by atoms with van der Waals surface area (Å²) >= 11 is 0. The van der Waals surface area contributed by atoms with E-state index >= 15 is 0 Å². The average molecular weight is 616 g/mol. The van der Waals surface area contributed by atoms with Gasteiger partial charge < -0.3 is 24.8 Å². The van der Waals surface area contributed by atoms with E-state index in [4.69, 9.17) is 19.9 Å². The van der Waals surface area contributed by atoms with Gasteiger partial charge in [0.2, 0.25) is 11.8 Å². The fourth-order valence-electron chi connectivity index (χ4n) is 4.97. The zero-order valence-electron chi connectivity index (χ0n) is 23.6. The Balaban J connectivity index is 1.25. The number of carbonyl (C=O) groups excluding carboxylic acids is 5. The van der Waals surface area contributed by atoms with Gasteiger partial charge >= 0.3 is 18.0 Å². The second-order valence-corrected chi connectivity index (χ2v) is 13.4. The molecular formula is C29H33N3O10S. The average Bonchev–Trinajstić information content (AvgIpc) is 3.13. The van der Waals surface area contributed by atoms with E-state index in [-0.39, 0.29) is 26.1 Å². The lowest BCUT2D eigenvalue weighted by molar-refractivity contribution is -0.171. The minimum atomic E-state index is -4.06. The van der Waals surface area contributed by atoms with Crippen molar-refractivity contribution in [3.8, 4) is 0 Å². The molecule has 4 atom stereocenters. The fourth-order valence-corrected chi connectivity index (χ4v) is 7.27. The summed E-state index contributed by atoms with van der Waals surface area (Å²) in [5.41, 5.74) is 7.24. The Hall–Kier alpha value is -4.30. The van der Waals surface area contributed by atoms with Crippen LogP contribution in [-0.2, 0) is 56.4 Å². The summed E-state index contributed by atoms with van der Waals surface area (Å²) in [4.78, 5) is 63.2. The molecule has 2 fully saturated rings. The van der Waals surface area contributed by atoms with Crippen LogP contribution in [0.25, 0.3) is 0 Å². The molecule has 0 spiro atoms. The van der Waals surface area contributed by atoms with E-state index in [1.807, 2.05) is 5.32 Å². The van der Waals surface area contributed by atoms with Crippen LogP contribution in [0.1, 0.15) is 37.8 Å². The Morgan fingerprint density at radius 2 is 1.49 bits per heavy atom. The van der Waals surface area contributed by atoms with Gasteiger partial charge in [-0.1, -0.05) is 60.7 Å². The van der Waals surface area contributed by atoms with Crippen molar-refractivity contribution in [3.05, 3.63) is 71.8 Å². The summed E-state index contributed by atoms with van der Waals surface area (Å²) in [5.74, 6) is -4.44. The number of nitrogens with one attached hydrogen (secondary N) is 1. The molecule has 43 heavy (non-hydrogen) atoms. The highest BCUT2D eigenvalue weighted by Crippen LogP contribution is 2.49. The third-order valence-electron chi connectivity index (χ3n) is 7.47. The van der Waals surface area contributed by atoms with Gasteiger partial charge in [-0.25, -0.2) is 18.0 Å². The van der Waals surface area contributed by atoms with Crippen molar-refractivity contribution in [2.24, 2.45) is 11.7 Å². The SMILES string of the molecule is CC1(C)[C@H](C(=O)OCc2ccccc2)N2C(=O)[C@H](COC(=O)[C@@H](N)CCC(=O)NC(=O)OCc3ccccc3)[C@H]2S1(=O)=O. The number of imide groups is 1. The summed E-state index contributed by atoms with van der Waals surface area (Å²) in [7, 11) is -4.06. The Morgan fingerprint density at radius 1 is 0.930 bits per heavy atom. The Kier molecular flexibility index (Phi) is 9.50. The van der Waals surface area contributed by atoms with Crippen molar-refractivity contribution < 1.29 is 46.6 Å². The van der Waals surface area contributed by atoms with Gasteiger partial charge in [0.1, 0.15) is 37.8 Å². The fraction of sp³-hybridized carbons (Fsp3) is 0.414. The second-order valence-electron chi connectivity index (χ2n) is 10.8. The zero-order valence-corrected chi connectivity index (χ0v) is 24.5. The lowest BCUT2D eigenvalue weighted by atomic mass is 9.92. The van der Waals surface area contributed by atoms with E-state index in [2.05, 4.69) is 0 Å². The topological polar surface area (TPSA) is 188 Å². The standard InChI is InChI=1S/C29H33N3O10S/c1-29(2)23(27(36)40-15-18-9-5-3-6-10-18)32-24(34)20(25(32)43(29,38)39)17-41-26(35)21(30)13-14-22(33)31-28(37)42-16-19-11-7-4-8-12-19/h3-12,20-21,23,25H,13-17,30H2,1-2H3,(H,31,33,37)/t20-,21-,23-,25+/m0/s1. The Morgan fingerprint density at radius 3 is 2.07 bits per heavy atom. The number of amides is 3. The van der Waals surface area contributed by atoms with Gasteiger partial charge in [0, 0.05) is 6.42 Å². The monoisotopic (exact) mass is 615 g/mol. The number of sulfone groups is 1. The van der Waals surface area contributed by atoms with Gasteiger partial charge in [0.05, 0.1) is 4.75 Å². The predicted octanol–water partition coefficient (Wildman–Crippen LogP) is 1.19. The quantitative estimate of drug-likeness (QED) is 0.210. The molecule has 3 amide bonds. The summed E-state index contributed by atoms with van der Waals surface area (Å²) in [6.45, 7) is 2.00. The maximum absolute atomic E-state index is 13.3. The van der Waals surface area contributed by atoms with Gasteiger partial charge in [0.25, 0.3) is 0 Å². The first kappa shape index (κ1) is 31.6. The molecule has 0 saturated carbocycles. The van der Waals surface area contributed by atoms with Crippen LogP contribution in [0.15, 0.2) is 60.7 Å². The molecule has 2 aromatic rings. The maximum atomic E-state index is 13.3. The smallest absolute Gasteiger partial charge is 0.414 e. The summed E-state index contributed by atoms with van der Waals surface area (Å²) in [5, 5.41) is 0.656. The maximum Gasteiger partial charge on any atom is 0.414 e. The molecule has 2 aromatic carbocycles. The number of carbonyl (C=O) groups is 5. The first-order valence-electron chi connectivity index (χ1n) is 13.5. The van der Waals surface area contributed by atoms with Crippen molar-refractivity contribution in [3.63, 3.8) is 0 Å². The number of ether oxygens (including phenoxy) is 3. The molecule has 2 aliphatic rings. The van der Waals surface area contributed by atoms with Gasteiger partial charge in [-0.3, -0.25) is 19.7 Å². The van der Waals surface area contributed by atoms with E-state index in [1.54, 1.807) is 60.7 Å². The van der Waals surface area contributed by atoms with Crippen LogP contribution in [0.2, 0.25) is 0 Å². The Bertz CT molecular complexity index is 1480. The lowest BCUT2D eigenvalue weighted by Crippen LogP contribution is -2.65. The molecule has 0 aliphatic carbocycles. The summed E-state index contributed by atoms with van der Waals surface area (Å²) in [6.07, 6.45) is -1.45. The van der Waals surface area contributed by atoms with Gasteiger partial charge in [-0.2, -0.15) is 0 Å². The van der Waals surface area contributed by atoms with Crippen molar-refractivity contribution in [2.75, 3.05) is 6.61 Å². The van der Waals surface area contributed by atoms with Crippen LogP contribution < -0.4 is 11.1 Å².